The van der Waals surface area contributed by atoms with Crippen molar-refractivity contribution in [3.05, 3.63) is 54.4 Å². The number of nitrogens with zero attached hydrogens (tertiary/aromatic N) is 5. The third-order valence-electron chi connectivity index (χ3n) is 5.28. The Morgan fingerprint density at radius 1 is 0.969 bits per heavy atom. The van der Waals surface area contributed by atoms with Gasteiger partial charge in [-0.25, -0.2) is 0 Å². The van der Waals surface area contributed by atoms with Crippen LogP contribution < -0.4 is 25.4 Å². The Bertz CT molecular complexity index is 1020. The van der Waals surface area contributed by atoms with E-state index in [1.165, 1.54) is 0 Å². The van der Waals surface area contributed by atoms with Crippen LogP contribution >= 0.6 is 0 Å². The number of nitrogens with two attached hydrogens (primary N) is 1. The van der Waals surface area contributed by atoms with Crippen LogP contribution in [0.5, 0.6) is 11.5 Å². The lowest BCUT2D eigenvalue weighted by Gasteiger charge is -2.36. The Labute approximate surface area is 188 Å². The van der Waals surface area contributed by atoms with E-state index in [0.717, 1.165) is 49.1 Å². The van der Waals surface area contributed by atoms with E-state index >= 15 is 0 Å². The number of rotatable bonds is 8. The summed E-state index contributed by atoms with van der Waals surface area (Å²) in [5, 5.41) is 3.19. The average molecular weight is 436 g/mol. The summed E-state index contributed by atoms with van der Waals surface area (Å²) in [5.41, 5.74) is 7.93. The molecule has 32 heavy (non-hydrogen) atoms. The van der Waals surface area contributed by atoms with Gasteiger partial charge >= 0.3 is 0 Å². The molecule has 0 atom stereocenters. The fourth-order valence-electron chi connectivity index (χ4n) is 3.73. The second-order valence-electron chi connectivity index (χ2n) is 7.45. The first-order valence-corrected chi connectivity index (χ1v) is 10.7. The highest BCUT2D eigenvalue weighted by molar-refractivity contribution is 5.58. The van der Waals surface area contributed by atoms with Gasteiger partial charge in [0.2, 0.25) is 11.9 Å². The normalized spacial score (nSPS) is 14.2. The highest BCUT2D eigenvalue weighted by Crippen LogP contribution is 2.28. The van der Waals surface area contributed by atoms with Crippen LogP contribution in [0.3, 0.4) is 0 Å². The molecule has 0 unspecified atom stereocenters. The quantitative estimate of drug-likeness (QED) is 0.553. The number of hydrogen-bond donors (Lipinski definition) is 2. The summed E-state index contributed by atoms with van der Waals surface area (Å²) in [5.74, 6) is 3.01. The summed E-state index contributed by atoms with van der Waals surface area (Å²) in [7, 11) is 1.71. The second kappa shape index (κ2) is 10.1. The molecule has 4 rings (SSSR count). The molecule has 1 aliphatic heterocycles. The Kier molecular flexibility index (Phi) is 6.86. The maximum Gasteiger partial charge on any atom is 0.232 e. The second-order valence-corrected chi connectivity index (χ2v) is 7.45. The minimum Gasteiger partial charge on any atom is -0.495 e. The lowest BCUT2D eigenvalue weighted by atomic mass is 10.2. The molecule has 1 saturated heterocycles. The molecule has 9 heteroatoms. The number of anilines is 4. The lowest BCUT2D eigenvalue weighted by Crippen LogP contribution is -2.46. The van der Waals surface area contributed by atoms with Crippen molar-refractivity contribution in [3.63, 3.8) is 0 Å². The summed E-state index contributed by atoms with van der Waals surface area (Å²) in [6.45, 7) is 6.80. The smallest absolute Gasteiger partial charge is 0.232 e. The molecule has 3 N–H and O–H groups in total. The molecule has 0 aliphatic carbocycles. The number of hydrogen-bond acceptors (Lipinski definition) is 9. The van der Waals surface area contributed by atoms with E-state index < -0.39 is 0 Å². The Hall–Kier alpha value is -3.59. The van der Waals surface area contributed by atoms with E-state index in [9.17, 15) is 0 Å². The van der Waals surface area contributed by atoms with Gasteiger partial charge in [0.05, 0.1) is 25.9 Å². The van der Waals surface area contributed by atoms with E-state index in [1.54, 1.807) is 7.11 Å². The van der Waals surface area contributed by atoms with Gasteiger partial charge in [-0.15, -0.1) is 0 Å². The van der Waals surface area contributed by atoms with Crippen LogP contribution in [0.15, 0.2) is 48.5 Å². The molecule has 0 bridgehead atoms. The maximum absolute atomic E-state index is 5.95. The van der Waals surface area contributed by atoms with E-state index in [4.69, 9.17) is 15.2 Å². The van der Waals surface area contributed by atoms with Gasteiger partial charge in [-0.3, -0.25) is 4.90 Å². The first-order chi connectivity index (χ1) is 15.6. The highest BCUT2D eigenvalue weighted by Gasteiger charge is 2.20. The molecule has 0 saturated carbocycles. The maximum atomic E-state index is 5.95. The number of nitrogens with one attached hydrogen (secondary N) is 1. The molecule has 0 amide bonds. The van der Waals surface area contributed by atoms with Crippen molar-refractivity contribution in [2.45, 2.75) is 13.5 Å². The Morgan fingerprint density at radius 3 is 2.44 bits per heavy atom. The van der Waals surface area contributed by atoms with Crippen molar-refractivity contribution in [1.29, 1.82) is 0 Å². The minimum absolute atomic E-state index is 0.205. The van der Waals surface area contributed by atoms with Gasteiger partial charge in [-0.1, -0.05) is 12.1 Å². The fourth-order valence-corrected chi connectivity index (χ4v) is 3.73. The van der Waals surface area contributed by atoms with Crippen LogP contribution in [-0.4, -0.2) is 59.7 Å². The van der Waals surface area contributed by atoms with Gasteiger partial charge in [-0.2, -0.15) is 15.0 Å². The zero-order valence-electron chi connectivity index (χ0n) is 18.5. The van der Waals surface area contributed by atoms with Crippen LogP contribution in [-0.2, 0) is 6.54 Å². The van der Waals surface area contributed by atoms with E-state index in [1.807, 2.05) is 49.4 Å². The number of benzene rings is 2. The van der Waals surface area contributed by atoms with Crippen molar-refractivity contribution < 1.29 is 9.47 Å². The van der Waals surface area contributed by atoms with Gasteiger partial charge in [0.1, 0.15) is 17.3 Å². The molecule has 168 valence electrons. The fraction of sp³-hybridized carbons (Fsp3) is 0.348. The zero-order chi connectivity index (χ0) is 22.3. The molecule has 0 spiro atoms. The molecular formula is C23H29N7O2. The largest absolute Gasteiger partial charge is 0.495 e. The summed E-state index contributed by atoms with van der Waals surface area (Å²) in [6.07, 6.45) is 0. The third kappa shape index (κ3) is 5.36. The van der Waals surface area contributed by atoms with Gasteiger partial charge in [-0.05, 0) is 43.3 Å². The van der Waals surface area contributed by atoms with Gasteiger partial charge in [0.25, 0.3) is 0 Å². The molecule has 0 radical (unpaired) electrons. The minimum atomic E-state index is 0.205. The van der Waals surface area contributed by atoms with E-state index in [-0.39, 0.29) is 5.95 Å². The number of aromatic nitrogens is 3. The van der Waals surface area contributed by atoms with Crippen LogP contribution in [0.4, 0.5) is 23.3 Å². The van der Waals surface area contributed by atoms with Crippen LogP contribution in [0.2, 0.25) is 0 Å². The summed E-state index contributed by atoms with van der Waals surface area (Å²) < 4.78 is 11.0. The molecule has 3 aromatic rings. The number of ether oxygens (including phenoxy) is 2. The van der Waals surface area contributed by atoms with Crippen molar-refractivity contribution in [1.82, 2.24) is 19.9 Å². The average Bonchev–Trinajstić information content (AvgIpc) is 2.81. The SMILES string of the molecule is CCOc1ccc(Nc2nc(N)nc(CN3CCN(c4ccccc4OC)CC3)n2)cc1. The molecule has 1 aromatic heterocycles. The molecule has 1 fully saturated rings. The van der Waals surface area contributed by atoms with Gasteiger partial charge in [0.15, 0.2) is 0 Å². The number of methoxy groups -OCH3 is 1. The first-order valence-electron chi connectivity index (χ1n) is 10.7. The standard InChI is InChI=1S/C23H29N7O2/c1-3-32-18-10-8-17(9-11-18)25-23-27-21(26-22(24)28-23)16-29-12-14-30(15-13-29)19-6-4-5-7-20(19)31-2/h4-11H,3,12-16H2,1-2H3,(H3,24,25,26,27,28). The monoisotopic (exact) mass is 435 g/mol. The highest BCUT2D eigenvalue weighted by atomic mass is 16.5. The summed E-state index contributed by atoms with van der Waals surface area (Å²) >= 11 is 0. The number of nitrogen functional groups attached to an aromatic ring is 1. The third-order valence-corrected chi connectivity index (χ3v) is 5.28. The van der Waals surface area contributed by atoms with Crippen molar-refractivity contribution in [3.8, 4) is 11.5 Å². The molecule has 2 heterocycles. The van der Waals surface area contributed by atoms with Crippen LogP contribution in [0.25, 0.3) is 0 Å². The topological polar surface area (TPSA) is 102 Å². The lowest BCUT2D eigenvalue weighted by molar-refractivity contribution is 0.243. The molecule has 9 nitrogen and oxygen atoms in total. The van der Waals surface area contributed by atoms with Crippen molar-refractivity contribution in [2.75, 3.05) is 55.8 Å². The Balaban J connectivity index is 1.37. The zero-order valence-corrected chi connectivity index (χ0v) is 18.5. The van der Waals surface area contributed by atoms with Crippen molar-refractivity contribution in [2.24, 2.45) is 0 Å². The molecule has 1 aliphatic rings. The van der Waals surface area contributed by atoms with Gasteiger partial charge in [0, 0.05) is 31.9 Å². The number of piperazine rings is 1. The predicted molar refractivity (Wildman–Crippen MR) is 126 cm³/mol. The predicted octanol–water partition coefficient (Wildman–Crippen LogP) is 2.93. The summed E-state index contributed by atoms with van der Waals surface area (Å²) in [6, 6.07) is 15.8. The van der Waals surface area contributed by atoms with Gasteiger partial charge < -0.3 is 25.4 Å². The first kappa shape index (κ1) is 21.6. The number of para-hydroxylation sites is 2. The van der Waals surface area contributed by atoms with Crippen molar-refractivity contribution >= 4 is 23.3 Å². The van der Waals surface area contributed by atoms with E-state index in [2.05, 4.69) is 36.1 Å². The summed E-state index contributed by atoms with van der Waals surface area (Å²) in [4.78, 5) is 17.8. The molecular weight excluding hydrogens is 406 g/mol. The van der Waals surface area contributed by atoms with E-state index in [0.29, 0.717) is 24.9 Å². The van der Waals surface area contributed by atoms with Crippen LogP contribution in [0.1, 0.15) is 12.7 Å². The molecule has 2 aromatic carbocycles. The van der Waals surface area contributed by atoms with Crippen LogP contribution in [0, 0.1) is 0 Å². The Morgan fingerprint density at radius 2 is 1.72 bits per heavy atom.